The summed E-state index contributed by atoms with van der Waals surface area (Å²) in [6, 6.07) is 5.83. The van der Waals surface area contributed by atoms with Gasteiger partial charge in [-0.3, -0.25) is 0 Å². The molecule has 0 bridgehead atoms. The van der Waals surface area contributed by atoms with Gasteiger partial charge in [0.2, 0.25) is 0 Å². The lowest BCUT2D eigenvalue weighted by atomic mass is 10.1. The molecule has 0 N–H and O–H groups in total. The second-order valence-corrected chi connectivity index (χ2v) is 6.29. The highest BCUT2D eigenvalue weighted by molar-refractivity contribution is 7.09. The van der Waals surface area contributed by atoms with Crippen molar-refractivity contribution in [1.82, 2.24) is 24.8 Å². The van der Waals surface area contributed by atoms with Crippen LogP contribution >= 0.6 is 11.3 Å². The van der Waals surface area contributed by atoms with E-state index in [2.05, 4.69) is 31.8 Å². The molecule has 4 aromatic rings. The fraction of sp³-hybridized carbons (Fsp3) is 0.250. The molecular formula is C16H15N5OS. The molecule has 0 radical (unpaired) electrons. The minimum Gasteiger partial charge on any atom is -0.331 e. The number of aromatic nitrogens is 5. The van der Waals surface area contributed by atoms with E-state index in [4.69, 9.17) is 4.63 Å². The quantitative estimate of drug-likeness (QED) is 0.562. The first kappa shape index (κ1) is 14.1. The van der Waals surface area contributed by atoms with E-state index in [9.17, 15) is 0 Å². The van der Waals surface area contributed by atoms with E-state index in [0.29, 0.717) is 0 Å². The van der Waals surface area contributed by atoms with E-state index in [-0.39, 0.29) is 0 Å². The van der Waals surface area contributed by atoms with Crippen molar-refractivity contribution in [3.8, 4) is 11.4 Å². The maximum Gasteiger partial charge on any atom is 0.146 e. The molecule has 0 unspecified atom stereocenters. The van der Waals surface area contributed by atoms with Gasteiger partial charge in [-0.05, 0) is 42.2 Å². The van der Waals surface area contributed by atoms with Gasteiger partial charge in [-0.2, -0.15) is 0 Å². The minimum atomic E-state index is 0.748. The molecule has 4 rings (SSSR count). The Hall–Kier alpha value is -2.54. The molecule has 0 amide bonds. The maximum absolute atomic E-state index is 4.84. The van der Waals surface area contributed by atoms with Crippen molar-refractivity contribution < 1.29 is 4.63 Å². The Morgan fingerprint density at radius 3 is 3.04 bits per heavy atom. The summed E-state index contributed by atoms with van der Waals surface area (Å²) in [4.78, 5) is 10.1. The third kappa shape index (κ3) is 2.63. The monoisotopic (exact) mass is 325 g/mol. The predicted molar refractivity (Wildman–Crippen MR) is 88.2 cm³/mol. The first-order valence-electron chi connectivity index (χ1n) is 7.44. The first-order valence-corrected chi connectivity index (χ1v) is 8.32. The Labute approximate surface area is 136 Å². The normalized spacial score (nSPS) is 11.3. The molecule has 23 heavy (non-hydrogen) atoms. The standard InChI is InChI=1S/C16H15N5OS/c1-11-14(23-10-18-11)6-3-8-21-9-7-17-16(21)12-4-2-5-13-15(12)20-22-19-13/h2,4-5,7,9-10H,3,6,8H2,1H3. The molecule has 116 valence electrons. The average molecular weight is 325 g/mol. The Balaban J connectivity index is 1.57. The third-order valence-corrected chi connectivity index (χ3v) is 4.88. The molecule has 3 aromatic heterocycles. The van der Waals surface area contributed by atoms with Gasteiger partial charge in [0.05, 0.1) is 11.2 Å². The summed E-state index contributed by atoms with van der Waals surface area (Å²) >= 11 is 1.72. The lowest BCUT2D eigenvalue weighted by Gasteiger charge is -2.07. The summed E-state index contributed by atoms with van der Waals surface area (Å²) in [6.45, 7) is 2.96. The molecule has 0 atom stereocenters. The summed E-state index contributed by atoms with van der Waals surface area (Å²) in [5, 5.41) is 7.90. The van der Waals surface area contributed by atoms with Gasteiger partial charge < -0.3 is 4.57 Å². The SMILES string of the molecule is Cc1ncsc1CCCn1ccnc1-c1cccc2nonc12. The van der Waals surface area contributed by atoms with E-state index in [0.717, 1.165) is 47.5 Å². The summed E-state index contributed by atoms with van der Waals surface area (Å²) in [7, 11) is 0. The number of hydrogen-bond acceptors (Lipinski definition) is 6. The highest BCUT2D eigenvalue weighted by Gasteiger charge is 2.13. The molecular weight excluding hydrogens is 310 g/mol. The van der Waals surface area contributed by atoms with E-state index < -0.39 is 0 Å². The molecule has 0 aliphatic carbocycles. The topological polar surface area (TPSA) is 69.6 Å². The second-order valence-electron chi connectivity index (χ2n) is 5.35. The van der Waals surface area contributed by atoms with Gasteiger partial charge in [-0.25, -0.2) is 14.6 Å². The van der Waals surface area contributed by atoms with Crippen LogP contribution in [-0.2, 0) is 13.0 Å². The van der Waals surface area contributed by atoms with Crippen LogP contribution in [0.15, 0.2) is 40.7 Å². The lowest BCUT2D eigenvalue weighted by molar-refractivity contribution is 0.315. The number of fused-ring (bicyclic) bond motifs is 1. The zero-order valence-electron chi connectivity index (χ0n) is 12.6. The van der Waals surface area contributed by atoms with Crippen LogP contribution in [0.5, 0.6) is 0 Å². The molecule has 6 nitrogen and oxygen atoms in total. The van der Waals surface area contributed by atoms with Gasteiger partial charge in [0.1, 0.15) is 16.9 Å². The largest absolute Gasteiger partial charge is 0.331 e. The van der Waals surface area contributed by atoms with Crippen molar-refractivity contribution in [2.45, 2.75) is 26.3 Å². The molecule has 1 aromatic carbocycles. The average Bonchev–Trinajstić information content (AvgIpc) is 3.28. The van der Waals surface area contributed by atoms with Gasteiger partial charge in [0, 0.05) is 29.4 Å². The number of imidazole rings is 1. The number of hydrogen-bond donors (Lipinski definition) is 0. The van der Waals surface area contributed by atoms with E-state index in [1.54, 1.807) is 11.3 Å². The van der Waals surface area contributed by atoms with Crippen LogP contribution in [0.25, 0.3) is 22.4 Å². The summed E-state index contributed by atoms with van der Waals surface area (Å²) in [6.07, 6.45) is 5.89. The second kappa shape index (κ2) is 5.92. The van der Waals surface area contributed by atoms with Crippen LogP contribution < -0.4 is 0 Å². The molecule has 7 heteroatoms. The number of aryl methyl sites for hydroxylation is 3. The zero-order valence-corrected chi connectivity index (χ0v) is 13.5. The Kier molecular flexibility index (Phi) is 3.63. The number of rotatable bonds is 5. The zero-order chi connectivity index (χ0) is 15.6. The number of thiazole rings is 1. The van der Waals surface area contributed by atoms with Crippen LogP contribution in [-0.4, -0.2) is 24.8 Å². The molecule has 0 saturated heterocycles. The van der Waals surface area contributed by atoms with Crippen molar-refractivity contribution in [3.63, 3.8) is 0 Å². The Morgan fingerprint density at radius 2 is 2.17 bits per heavy atom. The third-order valence-electron chi connectivity index (χ3n) is 3.89. The number of benzene rings is 1. The minimum absolute atomic E-state index is 0.748. The van der Waals surface area contributed by atoms with Gasteiger partial charge in [0.25, 0.3) is 0 Å². The van der Waals surface area contributed by atoms with Crippen LogP contribution in [0.4, 0.5) is 0 Å². The van der Waals surface area contributed by atoms with Gasteiger partial charge in [-0.1, -0.05) is 6.07 Å². The van der Waals surface area contributed by atoms with Gasteiger partial charge >= 0.3 is 0 Å². The molecule has 0 aliphatic rings. The van der Waals surface area contributed by atoms with Crippen molar-refractivity contribution in [2.24, 2.45) is 0 Å². The summed E-state index contributed by atoms with van der Waals surface area (Å²) in [5.41, 5.74) is 5.49. The molecule has 3 heterocycles. The van der Waals surface area contributed by atoms with Gasteiger partial charge in [-0.15, -0.1) is 11.3 Å². The van der Waals surface area contributed by atoms with E-state index in [1.165, 1.54) is 4.88 Å². The van der Waals surface area contributed by atoms with Crippen LogP contribution in [0, 0.1) is 6.92 Å². The molecule has 0 aliphatic heterocycles. The fourth-order valence-electron chi connectivity index (χ4n) is 2.70. The molecule has 0 spiro atoms. The highest BCUT2D eigenvalue weighted by Crippen LogP contribution is 2.25. The Bertz CT molecular complexity index is 939. The summed E-state index contributed by atoms with van der Waals surface area (Å²) in [5.74, 6) is 0.896. The van der Waals surface area contributed by atoms with Crippen molar-refractivity contribution in [1.29, 1.82) is 0 Å². The first-order chi connectivity index (χ1) is 11.3. The predicted octanol–water partition coefficient (Wildman–Crippen LogP) is 3.48. The van der Waals surface area contributed by atoms with E-state index >= 15 is 0 Å². The summed E-state index contributed by atoms with van der Waals surface area (Å²) < 4.78 is 7.00. The smallest absolute Gasteiger partial charge is 0.146 e. The molecule has 0 fully saturated rings. The Morgan fingerprint density at radius 1 is 1.22 bits per heavy atom. The maximum atomic E-state index is 4.84. The number of nitrogens with zero attached hydrogens (tertiary/aromatic N) is 5. The van der Waals surface area contributed by atoms with Crippen LogP contribution in [0.1, 0.15) is 17.0 Å². The van der Waals surface area contributed by atoms with E-state index in [1.807, 2.05) is 36.1 Å². The van der Waals surface area contributed by atoms with Crippen LogP contribution in [0.2, 0.25) is 0 Å². The van der Waals surface area contributed by atoms with Crippen molar-refractivity contribution in [3.05, 3.63) is 46.7 Å². The van der Waals surface area contributed by atoms with Crippen molar-refractivity contribution in [2.75, 3.05) is 0 Å². The van der Waals surface area contributed by atoms with Crippen LogP contribution in [0.3, 0.4) is 0 Å². The van der Waals surface area contributed by atoms with Gasteiger partial charge in [0.15, 0.2) is 0 Å². The highest BCUT2D eigenvalue weighted by atomic mass is 32.1. The van der Waals surface area contributed by atoms with Crippen molar-refractivity contribution >= 4 is 22.4 Å². The molecule has 0 saturated carbocycles. The fourth-order valence-corrected chi connectivity index (χ4v) is 3.52. The lowest BCUT2D eigenvalue weighted by Crippen LogP contribution is -2.01.